The van der Waals surface area contributed by atoms with Crippen molar-refractivity contribution in [2.24, 2.45) is 5.92 Å². The normalized spacial score (nSPS) is 17.9. The van der Waals surface area contributed by atoms with Crippen LogP contribution in [-0.4, -0.2) is 72.9 Å². The molecule has 0 aromatic heterocycles. The van der Waals surface area contributed by atoms with Gasteiger partial charge in [-0.15, -0.1) is 0 Å². The summed E-state index contributed by atoms with van der Waals surface area (Å²) in [5, 5.41) is 3.41. The van der Waals surface area contributed by atoms with Crippen LogP contribution in [0.4, 0.5) is 16.2 Å². The van der Waals surface area contributed by atoms with Gasteiger partial charge in [0, 0.05) is 49.9 Å². The Labute approximate surface area is 208 Å². The smallest absolute Gasteiger partial charge is 0.409 e. The lowest BCUT2D eigenvalue weighted by atomic mass is 10.1. The zero-order valence-corrected chi connectivity index (χ0v) is 20.2. The highest BCUT2D eigenvalue weighted by molar-refractivity contribution is 6.30. The molecule has 4 rings (SSSR count). The Bertz CT molecular complexity index is 1120. The van der Waals surface area contributed by atoms with E-state index in [2.05, 4.69) is 5.32 Å². The first-order valence-corrected chi connectivity index (χ1v) is 11.9. The number of benzene rings is 2. The molecule has 2 saturated heterocycles. The van der Waals surface area contributed by atoms with Crippen molar-refractivity contribution in [3.8, 4) is 0 Å². The van der Waals surface area contributed by atoms with Crippen molar-refractivity contribution in [3.05, 3.63) is 59.1 Å². The number of carbonyl (C=O) groups excluding carboxylic acids is 4. The average molecular weight is 499 g/mol. The van der Waals surface area contributed by atoms with Gasteiger partial charge in [0.1, 0.15) is 0 Å². The summed E-state index contributed by atoms with van der Waals surface area (Å²) in [5.41, 5.74) is 1.45. The maximum atomic E-state index is 13.2. The molecule has 184 valence electrons. The Balaban J connectivity index is 1.40. The van der Waals surface area contributed by atoms with Crippen molar-refractivity contribution in [3.63, 3.8) is 0 Å². The minimum Gasteiger partial charge on any atom is -0.450 e. The number of ether oxygens (including phenoxy) is 1. The number of rotatable bonds is 5. The van der Waals surface area contributed by atoms with Crippen LogP contribution in [0.25, 0.3) is 0 Å². The summed E-state index contributed by atoms with van der Waals surface area (Å²) in [6, 6.07) is 13.7. The van der Waals surface area contributed by atoms with Crippen LogP contribution in [0.1, 0.15) is 23.7 Å². The molecule has 35 heavy (non-hydrogen) atoms. The van der Waals surface area contributed by atoms with Gasteiger partial charge in [0.15, 0.2) is 0 Å². The number of carbonyl (C=O) groups is 4. The molecule has 1 unspecified atom stereocenters. The minimum absolute atomic E-state index is 0.0837. The maximum Gasteiger partial charge on any atom is 0.409 e. The Kier molecular flexibility index (Phi) is 7.55. The van der Waals surface area contributed by atoms with E-state index in [1.165, 1.54) is 0 Å². The second kappa shape index (κ2) is 10.8. The highest BCUT2D eigenvalue weighted by Crippen LogP contribution is 2.28. The third-order valence-corrected chi connectivity index (χ3v) is 6.39. The molecule has 0 saturated carbocycles. The molecule has 2 aliphatic rings. The largest absolute Gasteiger partial charge is 0.450 e. The van der Waals surface area contributed by atoms with E-state index in [-0.39, 0.29) is 36.8 Å². The zero-order valence-electron chi connectivity index (χ0n) is 19.4. The van der Waals surface area contributed by atoms with Crippen LogP contribution in [0.15, 0.2) is 48.5 Å². The van der Waals surface area contributed by atoms with Gasteiger partial charge in [-0.2, -0.15) is 0 Å². The Morgan fingerprint density at radius 2 is 1.66 bits per heavy atom. The number of hydrogen-bond donors (Lipinski definition) is 1. The summed E-state index contributed by atoms with van der Waals surface area (Å²) in [7, 11) is 0. The van der Waals surface area contributed by atoms with Crippen LogP contribution in [0.3, 0.4) is 0 Å². The Morgan fingerprint density at radius 1 is 1.00 bits per heavy atom. The summed E-state index contributed by atoms with van der Waals surface area (Å²) >= 11 is 5.93. The van der Waals surface area contributed by atoms with Crippen LogP contribution < -0.4 is 10.2 Å². The molecule has 2 aromatic carbocycles. The molecule has 2 fully saturated rings. The summed E-state index contributed by atoms with van der Waals surface area (Å²) < 4.78 is 5.02. The number of para-hydroxylation sites is 1. The first kappa shape index (κ1) is 24.5. The van der Waals surface area contributed by atoms with E-state index in [4.69, 9.17) is 16.3 Å². The second-order valence-corrected chi connectivity index (χ2v) is 8.83. The lowest BCUT2D eigenvalue weighted by Crippen LogP contribution is -2.50. The molecule has 0 aliphatic carbocycles. The van der Waals surface area contributed by atoms with Gasteiger partial charge in [0.25, 0.3) is 5.91 Å². The number of nitrogens with one attached hydrogen (secondary N) is 1. The first-order chi connectivity index (χ1) is 16.9. The third kappa shape index (κ3) is 5.57. The van der Waals surface area contributed by atoms with Crippen molar-refractivity contribution in [2.75, 3.05) is 49.5 Å². The molecule has 4 amide bonds. The topological polar surface area (TPSA) is 99.3 Å². The Morgan fingerprint density at radius 3 is 2.34 bits per heavy atom. The number of amides is 4. The monoisotopic (exact) mass is 498 g/mol. The van der Waals surface area contributed by atoms with Gasteiger partial charge in [-0.1, -0.05) is 23.7 Å². The molecule has 0 bridgehead atoms. The highest BCUT2D eigenvalue weighted by atomic mass is 35.5. The van der Waals surface area contributed by atoms with Gasteiger partial charge in [0.05, 0.1) is 23.8 Å². The fourth-order valence-electron chi connectivity index (χ4n) is 4.24. The summed E-state index contributed by atoms with van der Waals surface area (Å²) in [5.74, 6) is -1.23. The lowest BCUT2D eigenvalue weighted by molar-refractivity contribution is -0.122. The summed E-state index contributed by atoms with van der Waals surface area (Å²) in [6.45, 7) is 3.79. The molecule has 0 radical (unpaired) electrons. The van der Waals surface area contributed by atoms with Crippen molar-refractivity contribution < 1.29 is 23.9 Å². The van der Waals surface area contributed by atoms with E-state index >= 15 is 0 Å². The summed E-state index contributed by atoms with van der Waals surface area (Å²) in [6.07, 6.45) is -0.300. The minimum atomic E-state index is -0.547. The molecule has 2 aliphatic heterocycles. The van der Waals surface area contributed by atoms with Crippen LogP contribution in [-0.2, 0) is 14.3 Å². The zero-order chi connectivity index (χ0) is 24.9. The van der Waals surface area contributed by atoms with E-state index in [0.717, 1.165) is 0 Å². The van der Waals surface area contributed by atoms with Crippen LogP contribution >= 0.6 is 11.6 Å². The Hall–Kier alpha value is -3.59. The van der Waals surface area contributed by atoms with E-state index < -0.39 is 5.92 Å². The number of piperazine rings is 1. The van der Waals surface area contributed by atoms with Gasteiger partial charge in [-0.25, -0.2) is 4.79 Å². The van der Waals surface area contributed by atoms with Crippen LogP contribution in [0.2, 0.25) is 5.02 Å². The predicted molar refractivity (Wildman–Crippen MR) is 131 cm³/mol. The molecule has 2 aromatic rings. The molecule has 1 N–H and O–H groups in total. The van der Waals surface area contributed by atoms with Crippen molar-refractivity contribution in [1.29, 1.82) is 0 Å². The van der Waals surface area contributed by atoms with Crippen molar-refractivity contribution >= 4 is 46.8 Å². The molecular formula is C25H27ClN4O5. The first-order valence-electron chi connectivity index (χ1n) is 11.5. The van der Waals surface area contributed by atoms with Gasteiger partial charge in [0.2, 0.25) is 11.8 Å². The standard InChI is InChI=1S/C25H27ClN4O5/c1-2-35-25(34)29-13-11-28(12-14-29)24(33)20-5-3-4-6-21(20)27-23(32)17-15-22(31)30(16-17)19-9-7-18(26)8-10-19/h3-10,17H,2,11-16H2,1H3,(H,27,32). The van der Waals surface area contributed by atoms with Crippen molar-refractivity contribution in [2.45, 2.75) is 13.3 Å². The number of hydrogen-bond acceptors (Lipinski definition) is 5. The van der Waals surface area contributed by atoms with Gasteiger partial charge in [-0.3, -0.25) is 14.4 Å². The van der Waals surface area contributed by atoms with E-state index in [1.807, 2.05) is 0 Å². The molecule has 9 nitrogen and oxygen atoms in total. The second-order valence-electron chi connectivity index (χ2n) is 8.39. The van der Waals surface area contributed by atoms with Crippen LogP contribution in [0, 0.1) is 5.92 Å². The molecule has 0 spiro atoms. The fraction of sp³-hybridized carbons (Fsp3) is 0.360. The van der Waals surface area contributed by atoms with Gasteiger partial charge < -0.3 is 24.8 Å². The summed E-state index contributed by atoms with van der Waals surface area (Å²) in [4.78, 5) is 55.5. The SMILES string of the molecule is CCOC(=O)N1CCN(C(=O)c2ccccc2NC(=O)C2CC(=O)N(c3ccc(Cl)cc3)C2)CC1. The number of nitrogens with zero attached hydrogens (tertiary/aromatic N) is 3. The number of halogens is 1. The van der Waals surface area contributed by atoms with Crippen molar-refractivity contribution in [1.82, 2.24) is 9.80 Å². The molecule has 1 atom stereocenters. The van der Waals surface area contributed by atoms with Gasteiger partial charge in [-0.05, 0) is 43.3 Å². The average Bonchev–Trinajstić information content (AvgIpc) is 3.26. The third-order valence-electron chi connectivity index (χ3n) is 6.14. The van der Waals surface area contributed by atoms with E-state index in [0.29, 0.717) is 54.7 Å². The molecular weight excluding hydrogens is 472 g/mol. The highest BCUT2D eigenvalue weighted by Gasteiger charge is 2.36. The van der Waals surface area contributed by atoms with E-state index in [9.17, 15) is 19.2 Å². The quantitative estimate of drug-likeness (QED) is 0.682. The maximum absolute atomic E-state index is 13.2. The predicted octanol–water partition coefficient (Wildman–Crippen LogP) is 3.25. The van der Waals surface area contributed by atoms with Gasteiger partial charge >= 0.3 is 6.09 Å². The number of anilines is 2. The lowest BCUT2D eigenvalue weighted by Gasteiger charge is -2.34. The fourth-order valence-corrected chi connectivity index (χ4v) is 4.37. The molecule has 2 heterocycles. The van der Waals surface area contributed by atoms with Crippen LogP contribution in [0.5, 0.6) is 0 Å². The molecule has 10 heteroatoms. The van der Waals surface area contributed by atoms with E-state index in [1.54, 1.807) is 70.2 Å².